The van der Waals surface area contributed by atoms with Crippen molar-refractivity contribution in [2.24, 2.45) is 0 Å². The van der Waals surface area contributed by atoms with Crippen molar-refractivity contribution in [3.63, 3.8) is 0 Å². The van der Waals surface area contributed by atoms with Gasteiger partial charge >= 0.3 is 0 Å². The van der Waals surface area contributed by atoms with Crippen LogP contribution in [-0.4, -0.2) is 17.7 Å². The standard InChI is InChI=1S/C50H50N2O3/c53-47-29-43(38-12-5-2-6-13-38)27-45(31-47)51-33-35-17-21-49(22-18-35)55-50-23-19-39(20-24-50)41-15-8-16-42(26-41)44-28-46(32-48(54)30-44)52-34-36-9-7-14-40(25-36)37-10-3-1-4-11-37/h1-18,21-22,25-26,31-32,39,43-44,50-52H,19-20,23-24,27-30,33-34H2. The zero-order valence-electron chi connectivity index (χ0n) is 31.5. The summed E-state index contributed by atoms with van der Waals surface area (Å²) in [5, 5.41) is 7.10. The number of allylic oxidation sites excluding steroid dienone is 4. The molecule has 0 bridgehead atoms. The lowest BCUT2D eigenvalue weighted by molar-refractivity contribution is -0.116. The van der Waals surface area contributed by atoms with E-state index in [-0.39, 0.29) is 29.5 Å². The Bertz CT molecular complexity index is 2150. The summed E-state index contributed by atoms with van der Waals surface area (Å²) in [7, 11) is 0. The van der Waals surface area contributed by atoms with Crippen LogP contribution in [0.2, 0.25) is 0 Å². The Morgan fingerprint density at radius 1 is 0.473 bits per heavy atom. The molecular formula is C50H50N2O3. The highest BCUT2D eigenvalue weighted by atomic mass is 16.5. The third kappa shape index (κ3) is 9.53. The number of ketones is 2. The molecule has 2 unspecified atom stereocenters. The second-order valence-corrected chi connectivity index (χ2v) is 15.6. The minimum Gasteiger partial charge on any atom is -0.490 e. The summed E-state index contributed by atoms with van der Waals surface area (Å²) in [4.78, 5) is 25.4. The summed E-state index contributed by atoms with van der Waals surface area (Å²) in [6.07, 6.45) is 10.8. The molecule has 0 saturated heterocycles. The molecule has 5 aromatic carbocycles. The molecule has 0 aromatic heterocycles. The van der Waals surface area contributed by atoms with Crippen LogP contribution in [0.3, 0.4) is 0 Å². The van der Waals surface area contributed by atoms with Crippen LogP contribution in [0.4, 0.5) is 0 Å². The van der Waals surface area contributed by atoms with Crippen LogP contribution in [0.25, 0.3) is 11.1 Å². The van der Waals surface area contributed by atoms with Gasteiger partial charge in [0.05, 0.1) is 6.10 Å². The van der Waals surface area contributed by atoms with Crippen molar-refractivity contribution >= 4 is 11.6 Å². The number of hydrogen-bond acceptors (Lipinski definition) is 5. The van der Waals surface area contributed by atoms with Crippen LogP contribution in [0, 0.1) is 0 Å². The van der Waals surface area contributed by atoms with Crippen LogP contribution >= 0.6 is 0 Å². The Morgan fingerprint density at radius 2 is 1.02 bits per heavy atom. The van der Waals surface area contributed by atoms with Gasteiger partial charge in [0.15, 0.2) is 11.6 Å². The Balaban J connectivity index is 0.804. The van der Waals surface area contributed by atoms with E-state index in [1.165, 1.54) is 33.4 Å². The summed E-state index contributed by atoms with van der Waals surface area (Å²) in [6.45, 7) is 1.37. The quantitative estimate of drug-likeness (QED) is 0.134. The summed E-state index contributed by atoms with van der Waals surface area (Å²) in [5.41, 5.74) is 10.7. The SMILES string of the molecule is O=C1C=C(NCc2ccc(OC3CCC(c4cccc(C5CC(=O)C=C(NCc6cccc(-c7ccccc7)c6)C5)c4)CC3)cc2)CC(c2ccccc2)C1. The number of carbonyl (C=O) groups excluding carboxylic acids is 2. The molecule has 1 fully saturated rings. The fourth-order valence-electron chi connectivity index (χ4n) is 8.61. The van der Waals surface area contributed by atoms with E-state index in [4.69, 9.17) is 4.74 Å². The van der Waals surface area contributed by atoms with E-state index in [2.05, 4.69) is 120 Å². The van der Waals surface area contributed by atoms with Gasteiger partial charge in [-0.05, 0) is 113 Å². The smallest absolute Gasteiger partial charge is 0.158 e. The number of hydrogen-bond donors (Lipinski definition) is 2. The van der Waals surface area contributed by atoms with Crippen LogP contribution in [0.5, 0.6) is 5.75 Å². The number of benzene rings is 5. The first-order valence-electron chi connectivity index (χ1n) is 20.0. The highest BCUT2D eigenvalue weighted by molar-refractivity contribution is 5.92. The van der Waals surface area contributed by atoms with Crippen molar-refractivity contribution < 1.29 is 14.3 Å². The number of ether oxygens (including phenoxy) is 1. The van der Waals surface area contributed by atoms with Gasteiger partial charge in [0, 0.05) is 49.5 Å². The topological polar surface area (TPSA) is 67.4 Å². The average Bonchev–Trinajstić information content (AvgIpc) is 3.23. The Kier molecular flexibility index (Phi) is 11.4. The van der Waals surface area contributed by atoms with Crippen molar-refractivity contribution in [1.82, 2.24) is 10.6 Å². The Labute approximate surface area is 325 Å². The zero-order chi connectivity index (χ0) is 37.4. The van der Waals surface area contributed by atoms with Crippen LogP contribution in [0.1, 0.15) is 96.9 Å². The summed E-state index contributed by atoms with van der Waals surface area (Å²) in [5.74, 6) is 2.20. The third-order valence-corrected chi connectivity index (χ3v) is 11.6. The van der Waals surface area contributed by atoms with Gasteiger partial charge in [0.2, 0.25) is 0 Å². The lowest BCUT2D eigenvalue weighted by Gasteiger charge is -2.30. The Hall–Kier alpha value is -5.68. The fourth-order valence-corrected chi connectivity index (χ4v) is 8.61. The normalized spacial score (nSPS) is 21.3. The molecule has 2 atom stereocenters. The van der Waals surface area contributed by atoms with Crippen molar-refractivity contribution in [2.45, 2.75) is 88.3 Å². The molecule has 1 saturated carbocycles. The van der Waals surface area contributed by atoms with Crippen molar-refractivity contribution in [3.8, 4) is 16.9 Å². The van der Waals surface area contributed by atoms with Crippen molar-refractivity contribution in [3.05, 3.63) is 185 Å². The first kappa shape index (κ1) is 36.3. The van der Waals surface area contributed by atoms with Gasteiger partial charge in [-0.3, -0.25) is 9.59 Å². The first-order chi connectivity index (χ1) is 27.0. The predicted octanol–water partition coefficient (Wildman–Crippen LogP) is 10.7. The van der Waals surface area contributed by atoms with Gasteiger partial charge in [-0.1, -0.05) is 115 Å². The van der Waals surface area contributed by atoms with Crippen LogP contribution in [0.15, 0.2) is 157 Å². The van der Waals surface area contributed by atoms with Gasteiger partial charge in [-0.25, -0.2) is 0 Å². The van der Waals surface area contributed by atoms with E-state index in [1.54, 1.807) is 6.08 Å². The molecule has 55 heavy (non-hydrogen) atoms. The van der Waals surface area contributed by atoms with Gasteiger partial charge < -0.3 is 15.4 Å². The van der Waals surface area contributed by atoms with E-state index in [1.807, 2.05) is 30.3 Å². The van der Waals surface area contributed by atoms with E-state index in [0.29, 0.717) is 31.8 Å². The van der Waals surface area contributed by atoms with E-state index < -0.39 is 0 Å². The molecule has 278 valence electrons. The van der Waals surface area contributed by atoms with E-state index >= 15 is 0 Å². The minimum atomic E-state index is 0.182. The molecule has 0 heterocycles. The molecule has 5 nitrogen and oxygen atoms in total. The largest absolute Gasteiger partial charge is 0.490 e. The van der Waals surface area contributed by atoms with Gasteiger partial charge in [-0.2, -0.15) is 0 Å². The lowest BCUT2D eigenvalue weighted by Crippen LogP contribution is -2.24. The number of rotatable bonds is 12. The molecule has 3 aliphatic rings. The van der Waals surface area contributed by atoms with Gasteiger partial charge in [0.25, 0.3) is 0 Å². The molecule has 5 heteroatoms. The molecule has 5 aromatic rings. The maximum absolute atomic E-state index is 12.9. The number of carbonyl (C=O) groups is 2. The lowest BCUT2D eigenvalue weighted by atomic mass is 9.80. The Morgan fingerprint density at radius 3 is 1.69 bits per heavy atom. The maximum Gasteiger partial charge on any atom is 0.158 e. The molecular weight excluding hydrogens is 677 g/mol. The second-order valence-electron chi connectivity index (χ2n) is 15.6. The molecule has 0 spiro atoms. The summed E-state index contributed by atoms with van der Waals surface area (Å²) >= 11 is 0. The predicted molar refractivity (Wildman–Crippen MR) is 221 cm³/mol. The molecule has 3 aliphatic carbocycles. The van der Waals surface area contributed by atoms with E-state index in [9.17, 15) is 9.59 Å². The third-order valence-electron chi connectivity index (χ3n) is 11.6. The van der Waals surface area contributed by atoms with Crippen molar-refractivity contribution in [2.75, 3.05) is 0 Å². The molecule has 8 rings (SSSR count). The maximum atomic E-state index is 12.9. The summed E-state index contributed by atoms with van der Waals surface area (Å²) in [6, 6.07) is 46.8. The van der Waals surface area contributed by atoms with Gasteiger partial charge in [-0.15, -0.1) is 0 Å². The van der Waals surface area contributed by atoms with Gasteiger partial charge in [0.1, 0.15) is 5.75 Å². The van der Waals surface area contributed by atoms with Crippen LogP contribution in [-0.2, 0) is 22.7 Å². The van der Waals surface area contributed by atoms with Crippen molar-refractivity contribution in [1.29, 1.82) is 0 Å². The number of nitrogens with one attached hydrogen (secondary N) is 2. The monoisotopic (exact) mass is 726 g/mol. The average molecular weight is 727 g/mol. The molecule has 0 amide bonds. The first-order valence-corrected chi connectivity index (χ1v) is 20.0. The van der Waals surface area contributed by atoms with Crippen LogP contribution < -0.4 is 15.4 Å². The molecule has 0 radical (unpaired) electrons. The second kappa shape index (κ2) is 17.2. The highest BCUT2D eigenvalue weighted by Crippen LogP contribution is 2.38. The highest BCUT2D eigenvalue weighted by Gasteiger charge is 2.27. The fraction of sp³-hybridized carbons (Fsp3) is 0.280. The molecule has 0 aliphatic heterocycles. The van der Waals surface area contributed by atoms with E-state index in [0.717, 1.165) is 61.2 Å². The molecule has 2 N–H and O–H groups in total. The summed E-state index contributed by atoms with van der Waals surface area (Å²) < 4.78 is 6.47. The minimum absolute atomic E-state index is 0.182. The zero-order valence-corrected chi connectivity index (χ0v) is 31.5.